The summed E-state index contributed by atoms with van der Waals surface area (Å²) in [4.78, 5) is 27.7. The molecule has 0 atom stereocenters. The second-order valence-electron chi connectivity index (χ2n) is 6.69. The topological polar surface area (TPSA) is 61.4 Å². The van der Waals surface area contributed by atoms with E-state index in [-0.39, 0.29) is 11.8 Å². The first kappa shape index (κ1) is 20.8. The minimum Gasteiger partial charge on any atom is -0.351 e. The van der Waals surface area contributed by atoms with E-state index in [1.807, 2.05) is 43.1 Å². The standard InChI is InChI=1S/C20H31N3O2S/c1-3-21-13-14-22-20(25)17-11-7-8-12-18(17)26-15-19(24)23(2)16-9-5-4-6-10-16/h7-8,11-12,16,21H,3-6,9-10,13-15H2,1-2H3,(H,22,25). The highest BCUT2D eigenvalue weighted by Gasteiger charge is 2.22. The average molecular weight is 378 g/mol. The number of benzene rings is 1. The highest BCUT2D eigenvalue weighted by Crippen LogP contribution is 2.25. The van der Waals surface area contributed by atoms with Gasteiger partial charge >= 0.3 is 0 Å². The summed E-state index contributed by atoms with van der Waals surface area (Å²) in [6.45, 7) is 4.27. The van der Waals surface area contributed by atoms with Crippen LogP contribution in [0.1, 0.15) is 49.4 Å². The van der Waals surface area contributed by atoms with Crippen LogP contribution in [0.15, 0.2) is 29.2 Å². The van der Waals surface area contributed by atoms with Crippen LogP contribution in [-0.2, 0) is 4.79 Å². The van der Waals surface area contributed by atoms with Gasteiger partial charge in [-0.05, 0) is 31.5 Å². The molecule has 1 aliphatic rings. The number of hydrogen-bond donors (Lipinski definition) is 2. The van der Waals surface area contributed by atoms with Crippen molar-refractivity contribution >= 4 is 23.6 Å². The largest absolute Gasteiger partial charge is 0.351 e. The number of rotatable bonds is 9. The Kier molecular flexibility index (Phi) is 8.98. The number of nitrogens with one attached hydrogen (secondary N) is 2. The predicted molar refractivity (Wildman–Crippen MR) is 108 cm³/mol. The molecule has 1 aromatic carbocycles. The molecule has 0 saturated heterocycles. The number of hydrogen-bond acceptors (Lipinski definition) is 4. The smallest absolute Gasteiger partial charge is 0.252 e. The summed E-state index contributed by atoms with van der Waals surface area (Å²) in [7, 11) is 1.91. The minimum absolute atomic E-state index is 0.0842. The summed E-state index contributed by atoms with van der Waals surface area (Å²) < 4.78 is 0. The zero-order valence-corrected chi connectivity index (χ0v) is 16.7. The van der Waals surface area contributed by atoms with E-state index in [1.54, 1.807) is 0 Å². The molecule has 2 rings (SSSR count). The summed E-state index contributed by atoms with van der Waals surface area (Å²) in [6, 6.07) is 7.88. The number of amides is 2. The molecule has 1 aliphatic carbocycles. The van der Waals surface area contributed by atoms with Gasteiger partial charge in [0.05, 0.1) is 11.3 Å². The molecule has 2 N–H and O–H groups in total. The average Bonchev–Trinajstić information content (AvgIpc) is 2.69. The van der Waals surface area contributed by atoms with Gasteiger partial charge in [0.2, 0.25) is 5.91 Å². The number of likely N-dealkylation sites (N-methyl/N-ethyl adjacent to an activating group) is 1. The van der Waals surface area contributed by atoms with Crippen LogP contribution in [0, 0.1) is 0 Å². The van der Waals surface area contributed by atoms with Gasteiger partial charge in [-0.3, -0.25) is 9.59 Å². The van der Waals surface area contributed by atoms with Crippen molar-refractivity contribution in [3.05, 3.63) is 29.8 Å². The van der Waals surface area contributed by atoms with E-state index >= 15 is 0 Å². The van der Waals surface area contributed by atoms with E-state index in [9.17, 15) is 9.59 Å². The number of carbonyl (C=O) groups excluding carboxylic acids is 2. The van der Waals surface area contributed by atoms with Crippen LogP contribution in [0.3, 0.4) is 0 Å². The van der Waals surface area contributed by atoms with Gasteiger partial charge in [0.1, 0.15) is 0 Å². The molecule has 0 bridgehead atoms. The Hall–Kier alpha value is -1.53. The van der Waals surface area contributed by atoms with Crippen molar-refractivity contribution in [3.8, 4) is 0 Å². The van der Waals surface area contributed by atoms with Gasteiger partial charge in [-0.25, -0.2) is 0 Å². The van der Waals surface area contributed by atoms with Crippen LogP contribution < -0.4 is 10.6 Å². The summed E-state index contributed by atoms with van der Waals surface area (Å²) in [6.07, 6.45) is 5.93. The summed E-state index contributed by atoms with van der Waals surface area (Å²) in [5, 5.41) is 6.11. The normalized spacial score (nSPS) is 14.8. The van der Waals surface area contributed by atoms with E-state index < -0.39 is 0 Å². The van der Waals surface area contributed by atoms with Gasteiger partial charge in [-0.15, -0.1) is 11.8 Å². The first-order valence-corrected chi connectivity index (χ1v) is 10.6. The molecular formula is C20H31N3O2S. The monoisotopic (exact) mass is 377 g/mol. The van der Waals surface area contributed by atoms with Crippen molar-refractivity contribution < 1.29 is 9.59 Å². The zero-order chi connectivity index (χ0) is 18.8. The van der Waals surface area contributed by atoms with Crippen LogP contribution >= 0.6 is 11.8 Å². The van der Waals surface area contributed by atoms with Crippen LogP contribution in [-0.4, -0.2) is 55.2 Å². The molecular weight excluding hydrogens is 346 g/mol. The molecule has 0 heterocycles. The first-order chi connectivity index (χ1) is 12.6. The third kappa shape index (κ3) is 6.32. The SMILES string of the molecule is CCNCCNC(=O)c1ccccc1SCC(=O)N(C)C1CCCCC1. The molecule has 0 aliphatic heterocycles. The Bertz CT molecular complexity index is 588. The molecule has 5 nitrogen and oxygen atoms in total. The van der Waals surface area contributed by atoms with Gasteiger partial charge in [-0.1, -0.05) is 38.3 Å². The Morgan fingerprint density at radius 1 is 1.15 bits per heavy atom. The molecule has 1 saturated carbocycles. The molecule has 144 valence electrons. The number of thioether (sulfide) groups is 1. The number of carbonyl (C=O) groups is 2. The summed E-state index contributed by atoms with van der Waals surface area (Å²) in [5.74, 6) is 0.428. The molecule has 1 fully saturated rings. The fourth-order valence-corrected chi connectivity index (χ4v) is 4.20. The maximum absolute atomic E-state index is 12.5. The van der Waals surface area contributed by atoms with Crippen LogP contribution in [0.2, 0.25) is 0 Å². The van der Waals surface area contributed by atoms with Crippen molar-refractivity contribution in [2.24, 2.45) is 0 Å². The first-order valence-electron chi connectivity index (χ1n) is 9.60. The van der Waals surface area contributed by atoms with Crippen molar-refractivity contribution in [1.82, 2.24) is 15.5 Å². The molecule has 26 heavy (non-hydrogen) atoms. The second-order valence-corrected chi connectivity index (χ2v) is 7.71. The fourth-order valence-electron chi connectivity index (χ4n) is 3.23. The van der Waals surface area contributed by atoms with E-state index in [2.05, 4.69) is 10.6 Å². The second kappa shape index (κ2) is 11.2. The highest BCUT2D eigenvalue weighted by atomic mass is 32.2. The lowest BCUT2D eigenvalue weighted by Gasteiger charge is -2.31. The molecule has 0 radical (unpaired) electrons. The van der Waals surface area contributed by atoms with Gasteiger partial charge in [0, 0.05) is 31.1 Å². The quantitative estimate of drug-likeness (QED) is 0.513. The Morgan fingerprint density at radius 3 is 2.62 bits per heavy atom. The summed E-state index contributed by atoms with van der Waals surface area (Å²) >= 11 is 1.45. The lowest BCUT2D eigenvalue weighted by Crippen LogP contribution is -2.39. The molecule has 6 heteroatoms. The van der Waals surface area contributed by atoms with E-state index in [4.69, 9.17) is 0 Å². The maximum atomic E-state index is 12.5. The van der Waals surface area contributed by atoms with Gasteiger partial charge < -0.3 is 15.5 Å². The van der Waals surface area contributed by atoms with Crippen molar-refractivity contribution in [2.75, 3.05) is 32.4 Å². The Morgan fingerprint density at radius 2 is 1.88 bits per heavy atom. The van der Waals surface area contributed by atoms with Gasteiger partial charge in [0.15, 0.2) is 0 Å². The van der Waals surface area contributed by atoms with E-state index in [0.717, 1.165) is 30.8 Å². The van der Waals surface area contributed by atoms with E-state index in [0.29, 0.717) is 23.9 Å². The third-order valence-corrected chi connectivity index (χ3v) is 5.89. The Balaban J connectivity index is 1.88. The highest BCUT2D eigenvalue weighted by molar-refractivity contribution is 8.00. The predicted octanol–water partition coefficient (Wildman–Crippen LogP) is 2.91. The third-order valence-electron chi connectivity index (χ3n) is 4.84. The van der Waals surface area contributed by atoms with Crippen LogP contribution in [0.25, 0.3) is 0 Å². The van der Waals surface area contributed by atoms with Crippen LogP contribution in [0.4, 0.5) is 0 Å². The molecule has 0 spiro atoms. The lowest BCUT2D eigenvalue weighted by molar-refractivity contribution is -0.129. The molecule has 2 amide bonds. The maximum Gasteiger partial charge on any atom is 0.252 e. The Labute approximate surface area is 161 Å². The lowest BCUT2D eigenvalue weighted by atomic mass is 9.94. The molecule has 0 unspecified atom stereocenters. The number of nitrogens with zero attached hydrogens (tertiary/aromatic N) is 1. The molecule has 0 aromatic heterocycles. The summed E-state index contributed by atoms with van der Waals surface area (Å²) in [5.41, 5.74) is 0.641. The van der Waals surface area contributed by atoms with Gasteiger partial charge in [0.25, 0.3) is 5.91 Å². The van der Waals surface area contributed by atoms with Crippen LogP contribution in [0.5, 0.6) is 0 Å². The van der Waals surface area contributed by atoms with Crippen molar-refractivity contribution in [1.29, 1.82) is 0 Å². The van der Waals surface area contributed by atoms with Gasteiger partial charge in [-0.2, -0.15) is 0 Å². The van der Waals surface area contributed by atoms with E-state index in [1.165, 1.54) is 31.0 Å². The minimum atomic E-state index is -0.0842. The molecule has 1 aromatic rings. The zero-order valence-electron chi connectivity index (χ0n) is 15.9. The van der Waals surface area contributed by atoms with Crippen molar-refractivity contribution in [2.45, 2.75) is 50.0 Å². The van der Waals surface area contributed by atoms with Crippen molar-refractivity contribution in [3.63, 3.8) is 0 Å². The fraction of sp³-hybridized carbons (Fsp3) is 0.600.